The van der Waals surface area contributed by atoms with Crippen LogP contribution in [0.4, 0.5) is 23.2 Å². The highest BCUT2D eigenvalue weighted by Crippen LogP contribution is 2.35. The van der Waals surface area contributed by atoms with Crippen molar-refractivity contribution in [1.29, 1.82) is 0 Å². The first-order chi connectivity index (χ1) is 11.1. The highest BCUT2D eigenvalue weighted by molar-refractivity contribution is 7.92. The summed E-state index contributed by atoms with van der Waals surface area (Å²) in [5, 5.41) is 0.0562. The maximum absolute atomic E-state index is 14.0. The summed E-state index contributed by atoms with van der Waals surface area (Å²) in [4.78, 5) is -0.436. The van der Waals surface area contributed by atoms with Gasteiger partial charge < -0.3 is 4.74 Å². The molecular formula is C14H10ClF4NO3S. The molecule has 0 spiro atoms. The van der Waals surface area contributed by atoms with Crippen molar-refractivity contribution in [3.8, 4) is 5.75 Å². The van der Waals surface area contributed by atoms with Crippen molar-refractivity contribution in [3.05, 3.63) is 52.8 Å². The Hall–Kier alpha value is -2.00. The van der Waals surface area contributed by atoms with Gasteiger partial charge in [0.1, 0.15) is 10.6 Å². The normalized spacial score (nSPS) is 12.1. The fourth-order valence-corrected chi connectivity index (χ4v) is 3.38. The second-order valence-corrected chi connectivity index (χ2v) is 6.65. The molecule has 0 aliphatic heterocycles. The van der Waals surface area contributed by atoms with Gasteiger partial charge in [-0.25, -0.2) is 12.8 Å². The smallest absolute Gasteiger partial charge is 0.419 e. The zero-order valence-electron chi connectivity index (χ0n) is 12.0. The highest BCUT2D eigenvalue weighted by atomic mass is 35.5. The number of sulfonamides is 1. The number of rotatable bonds is 4. The second kappa shape index (κ2) is 6.48. The average molecular weight is 384 g/mol. The summed E-state index contributed by atoms with van der Waals surface area (Å²) in [6.45, 7) is 0. The molecule has 0 saturated heterocycles. The van der Waals surface area contributed by atoms with Crippen molar-refractivity contribution in [2.75, 3.05) is 11.8 Å². The van der Waals surface area contributed by atoms with Crippen molar-refractivity contribution < 1.29 is 30.7 Å². The molecule has 0 aliphatic carbocycles. The minimum Gasteiger partial charge on any atom is -0.495 e. The van der Waals surface area contributed by atoms with Crippen LogP contribution in [0.25, 0.3) is 0 Å². The Balaban J connectivity index is 2.50. The molecule has 0 saturated carbocycles. The number of anilines is 1. The zero-order chi connectivity index (χ0) is 18.1. The summed E-state index contributed by atoms with van der Waals surface area (Å²) < 4.78 is 83.4. The molecule has 2 aromatic carbocycles. The Kier molecular flexibility index (Phi) is 4.95. The predicted octanol–water partition coefficient (Wildman–Crippen LogP) is 4.31. The van der Waals surface area contributed by atoms with E-state index in [9.17, 15) is 26.0 Å². The van der Waals surface area contributed by atoms with E-state index in [2.05, 4.69) is 0 Å². The first kappa shape index (κ1) is 18.3. The van der Waals surface area contributed by atoms with E-state index in [1.54, 1.807) is 4.72 Å². The minimum atomic E-state index is -4.96. The maximum Gasteiger partial charge on any atom is 0.419 e. The van der Waals surface area contributed by atoms with Gasteiger partial charge in [0.05, 0.1) is 18.4 Å². The van der Waals surface area contributed by atoms with Gasteiger partial charge in [-0.3, -0.25) is 4.72 Å². The number of ether oxygens (including phenoxy) is 1. The standard InChI is InChI=1S/C14H10ClF4NO3S/c1-23-11-6-5-8(15)7-12(11)24(21,22)20-10-4-2-3-9(13(10)16)14(17,18)19/h2-7,20H,1H3. The van der Waals surface area contributed by atoms with Crippen molar-refractivity contribution in [2.45, 2.75) is 11.1 Å². The molecule has 130 valence electrons. The summed E-state index contributed by atoms with van der Waals surface area (Å²) in [5.74, 6) is -1.83. The van der Waals surface area contributed by atoms with E-state index in [1.807, 2.05) is 0 Å². The number of hydrogen-bond donors (Lipinski definition) is 1. The van der Waals surface area contributed by atoms with Gasteiger partial charge in [0.15, 0.2) is 5.82 Å². The number of nitrogens with one attached hydrogen (secondary N) is 1. The van der Waals surface area contributed by atoms with Gasteiger partial charge in [0.2, 0.25) is 0 Å². The third kappa shape index (κ3) is 3.73. The SMILES string of the molecule is COc1ccc(Cl)cc1S(=O)(=O)Nc1cccc(C(F)(F)F)c1F. The van der Waals surface area contributed by atoms with Gasteiger partial charge in [0.25, 0.3) is 10.0 Å². The largest absolute Gasteiger partial charge is 0.495 e. The molecule has 4 nitrogen and oxygen atoms in total. The monoisotopic (exact) mass is 383 g/mol. The van der Waals surface area contributed by atoms with Crippen LogP contribution in [-0.4, -0.2) is 15.5 Å². The first-order valence-electron chi connectivity index (χ1n) is 6.28. The Bertz CT molecular complexity index is 869. The molecule has 0 amide bonds. The van der Waals surface area contributed by atoms with Crippen LogP contribution in [0.15, 0.2) is 41.3 Å². The summed E-state index contributed by atoms with van der Waals surface area (Å²) in [6, 6.07) is 5.93. The lowest BCUT2D eigenvalue weighted by molar-refractivity contribution is -0.139. The molecule has 0 fully saturated rings. The van der Waals surface area contributed by atoms with Gasteiger partial charge >= 0.3 is 6.18 Å². The maximum atomic E-state index is 14.0. The van der Waals surface area contributed by atoms with Gasteiger partial charge in [-0.05, 0) is 30.3 Å². The van der Waals surface area contributed by atoms with Crippen LogP contribution >= 0.6 is 11.6 Å². The highest BCUT2D eigenvalue weighted by Gasteiger charge is 2.35. The van der Waals surface area contributed by atoms with Gasteiger partial charge in [-0.2, -0.15) is 13.2 Å². The lowest BCUT2D eigenvalue weighted by Crippen LogP contribution is -2.17. The predicted molar refractivity (Wildman–Crippen MR) is 80.2 cm³/mol. The van der Waals surface area contributed by atoms with Crippen LogP contribution in [0.5, 0.6) is 5.75 Å². The molecule has 0 atom stereocenters. The molecule has 2 aromatic rings. The lowest BCUT2D eigenvalue weighted by atomic mass is 10.2. The fraction of sp³-hybridized carbons (Fsp3) is 0.143. The van der Waals surface area contributed by atoms with Crippen molar-refractivity contribution >= 4 is 27.3 Å². The van der Waals surface area contributed by atoms with E-state index >= 15 is 0 Å². The van der Waals surface area contributed by atoms with E-state index in [4.69, 9.17) is 16.3 Å². The Labute approximate surface area is 140 Å². The van der Waals surface area contributed by atoms with Crippen molar-refractivity contribution in [2.24, 2.45) is 0 Å². The minimum absolute atomic E-state index is 0.0562. The molecule has 1 N–H and O–H groups in total. The van der Waals surface area contributed by atoms with Gasteiger partial charge in [0, 0.05) is 5.02 Å². The summed E-state index contributed by atoms with van der Waals surface area (Å²) in [5.41, 5.74) is -2.42. The second-order valence-electron chi connectivity index (χ2n) is 4.57. The van der Waals surface area contributed by atoms with Crippen LogP contribution in [0, 0.1) is 5.82 Å². The van der Waals surface area contributed by atoms with Gasteiger partial charge in [-0.15, -0.1) is 0 Å². The van der Waals surface area contributed by atoms with E-state index in [0.717, 1.165) is 18.2 Å². The van der Waals surface area contributed by atoms with E-state index in [0.29, 0.717) is 6.07 Å². The first-order valence-corrected chi connectivity index (χ1v) is 8.14. The van der Waals surface area contributed by atoms with Crippen molar-refractivity contribution in [1.82, 2.24) is 0 Å². The summed E-state index contributed by atoms with van der Waals surface area (Å²) >= 11 is 5.73. The Morgan fingerprint density at radius 1 is 1.17 bits per heavy atom. The molecule has 10 heteroatoms. The van der Waals surface area contributed by atoms with Crippen molar-refractivity contribution in [3.63, 3.8) is 0 Å². The molecule has 2 rings (SSSR count). The Morgan fingerprint density at radius 3 is 2.42 bits per heavy atom. The van der Waals surface area contributed by atoms with Gasteiger partial charge in [-0.1, -0.05) is 17.7 Å². The number of methoxy groups -OCH3 is 1. The molecule has 0 bridgehead atoms. The molecular weight excluding hydrogens is 374 g/mol. The summed E-state index contributed by atoms with van der Waals surface area (Å²) in [7, 11) is -3.23. The number of benzene rings is 2. The average Bonchev–Trinajstić information content (AvgIpc) is 2.48. The topological polar surface area (TPSA) is 55.4 Å². The third-order valence-corrected chi connectivity index (χ3v) is 4.59. The van der Waals surface area contributed by atoms with E-state index in [-0.39, 0.29) is 10.8 Å². The lowest BCUT2D eigenvalue weighted by Gasteiger charge is -2.14. The zero-order valence-corrected chi connectivity index (χ0v) is 13.6. The molecule has 0 aromatic heterocycles. The molecule has 0 radical (unpaired) electrons. The van der Waals surface area contributed by atoms with E-state index in [1.165, 1.54) is 19.2 Å². The van der Waals surface area contributed by atoms with Crippen LogP contribution in [0.1, 0.15) is 5.56 Å². The van der Waals surface area contributed by atoms with Crippen LogP contribution in [-0.2, 0) is 16.2 Å². The molecule has 0 unspecified atom stereocenters. The Morgan fingerprint density at radius 2 is 1.83 bits per heavy atom. The van der Waals surface area contributed by atoms with Crippen LogP contribution < -0.4 is 9.46 Å². The molecule has 0 aliphatic rings. The quantitative estimate of drug-likeness (QED) is 0.800. The summed E-state index contributed by atoms with van der Waals surface area (Å²) in [6.07, 6.45) is -4.96. The van der Waals surface area contributed by atoms with Crippen LogP contribution in [0.2, 0.25) is 5.02 Å². The molecule has 0 heterocycles. The van der Waals surface area contributed by atoms with Crippen LogP contribution in [0.3, 0.4) is 0 Å². The third-order valence-electron chi connectivity index (χ3n) is 2.96. The fourth-order valence-electron chi connectivity index (χ4n) is 1.89. The number of halogens is 5. The van der Waals surface area contributed by atoms with E-state index < -0.39 is 38.2 Å². The molecule has 24 heavy (non-hydrogen) atoms. The number of alkyl halides is 3. The number of hydrogen-bond acceptors (Lipinski definition) is 3.